The number of benzene rings is 1. The summed E-state index contributed by atoms with van der Waals surface area (Å²) in [5.74, 6) is -0.879. The van der Waals surface area contributed by atoms with Crippen LogP contribution in [0.2, 0.25) is 0 Å². The van der Waals surface area contributed by atoms with Crippen LogP contribution in [-0.2, 0) is 6.61 Å². The Morgan fingerprint density at radius 1 is 1.28 bits per heavy atom. The molecule has 0 amide bonds. The minimum Gasteiger partial charge on any atom is -0.413 e. The first kappa shape index (κ1) is 12.3. The molecule has 2 rings (SSSR count). The molecule has 0 bridgehead atoms. The molecular formula is C13H13NO4. The van der Waals surface area contributed by atoms with Gasteiger partial charge in [0.1, 0.15) is 5.76 Å². The molecule has 0 unspecified atom stereocenters. The second kappa shape index (κ2) is 5.01. The molecule has 2 N–H and O–H groups in total. The van der Waals surface area contributed by atoms with Crippen LogP contribution in [0.3, 0.4) is 0 Å². The first-order valence-electron chi connectivity index (χ1n) is 5.55. The second-order valence-electron chi connectivity index (χ2n) is 3.98. The van der Waals surface area contributed by atoms with Gasteiger partial charge in [-0.05, 0) is 5.56 Å². The van der Waals surface area contributed by atoms with Crippen LogP contribution in [0, 0.1) is 0 Å². The third-order valence-corrected chi connectivity index (χ3v) is 2.84. The topological polar surface area (TPSA) is 83.3 Å². The summed E-state index contributed by atoms with van der Waals surface area (Å²) < 4.78 is 5.03. The Morgan fingerprint density at radius 3 is 2.56 bits per heavy atom. The van der Waals surface area contributed by atoms with Gasteiger partial charge in [-0.25, -0.2) is 4.79 Å². The number of hydrogen-bond acceptors (Lipinski definition) is 4. The maximum atomic E-state index is 11.6. The van der Waals surface area contributed by atoms with Crippen molar-refractivity contribution in [2.24, 2.45) is 0 Å². The molecular weight excluding hydrogens is 234 g/mol. The summed E-state index contributed by atoms with van der Waals surface area (Å²) in [7, 11) is 0. The van der Waals surface area contributed by atoms with Crippen molar-refractivity contribution in [2.45, 2.75) is 19.4 Å². The minimum absolute atomic E-state index is 0.0888. The first-order valence-corrected chi connectivity index (χ1v) is 5.55. The summed E-state index contributed by atoms with van der Waals surface area (Å²) in [5.41, 5.74) is 0.387. The fourth-order valence-electron chi connectivity index (χ4n) is 1.86. The predicted octanol–water partition coefficient (Wildman–Crippen LogP) is 0.972. The van der Waals surface area contributed by atoms with Crippen molar-refractivity contribution in [3.63, 3.8) is 0 Å². The van der Waals surface area contributed by atoms with Gasteiger partial charge in [-0.2, -0.15) is 0 Å². The van der Waals surface area contributed by atoms with Crippen molar-refractivity contribution in [2.75, 3.05) is 0 Å². The number of aliphatic hydroxyl groups is 1. The molecule has 5 heteroatoms. The van der Waals surface area contributed by atoms with Gasteiger partial charge in [0.05, 0.1) is 12.2 Å². The highest BCUT2D eigenvalue weighted by molar-refractivity contribution is 5.29. The van der Waals surface area contributed by atoms with Crippen LogP contribution >= 0.6 is 0 Å². The largest absolute Gasteiger partial charge is 0.419 e. The van der Waals surface area contributed by atoms with E-state index in [-0.39, 0.29) is 17.2 Å². The number of aromatic amines is 1. The standard InChI is InChI=1S/C13H13NO4/c1-8(9-5-3-2-4-6-9)11-10(7-15)12(16)14-13(17)18-11/h2-6,8,15H,7H2,1H3,(H,14,16,17)/t8-/m1/s1. The van der Waals surface area contributed by atoms with E-state index >= 15 is 0 Å². The highest BCUT2D eigenvalue weighted by Crippen LogP contribution is 2.24. The molecule has 0 fully saturated rings. The van der Waals surface area contributed by atoms with Crippen LogP contribution in [0.15, 0.2) is 44.3 Å². The average molecular weight is 247 g/mol. The van der Waals surface area contributed by atoms with Gasteiger partial charge < -0.3 is 9.52 Å². The predicted molar refractivity (Wildman–Crippen MR) is 65.5 cm³/mol. The Labute approximate surface area is 103 Å². The Hall–Kier alpha value is -2.14. The van der Waals surface area contributed by atoms with Gasteiger partial charge in [-0.15, -0.1) is 0 Å². The van der Waals surface area contributed by atoms with Gasteiger partial charge in [0.15, 0.2) is 0 Å². The zero-order chi connectivity index (χ0) is 13.1. The van der Waals surface area contributed by atoms with Gasteiger partial charge in [0, 0.05) is 5.92 Å². The summed E-state index contributed by atoms with van der Waals surface area (Å²) in [6.07, 6.45) is 0. The van der Waals surface area contributed by atoms with Gasteiger partial charge >= 0.3 is 5.76 Å². The second-order valence-corrected chi connectivity index (χ2v) is 3.98. The lowest BCUT2D eigenvalue weighted by Crippen LogP contribution is -2.25. The van der Waals surface area contributed by atoms with Crippen LogP contribution in [0.4, 0.5) is 0 Å². The Bertz CT molecular complexity index is 642. The molecule has 0 aliphatic rings. The molecule has 5 nitrogen and oxygen atoms in total. The van der Waals surface area contributed by atoms with Crippen LogP contribution in [0.25, 0.3) is 0 Å². The quantitative estimate of drug-likeness (QED) is 0.846. The van der Waals surface area contributed by atoms with E-state index in [9.17, 15) is 14.7 Å². The fourth-order valence-corrected chi connectivity index (χ4v) is 1.86. The van der Waals surface area contributed by atoms with Crippen LogP contribution in [-0.4, -0.2) is 10.1 Å². The van der Waals surface area contributed by atoms with E-state index in [4.69, 9.17) is 4.42 Å². The van der Waals surface area contributed by atoms with Gasteiger partial charge in [-0.1, -0.05) is 37.3 Å². The lowest BCUT2D eigenvalue weighted by atomic mass is 9.96. The number of aromatic nitrogens is 1. The lowest BCUT2D eigenvalue weighted by Gasteiger charge is -2.12. The highest BCUT2D eigenvalue weighted by atomic mass is 16.4. The minimum atomic E-state index is -0.810. The van der Waals surface area contributed by atoms with Gasteiger partial charge in [0.2, 0.25) is 0 Å². The summed E-state index contributed by atoms with van der Waals surface area (Å²) >= 11 is 0. The van der Waals surface area contributed by atoms with E-state index in [1.54, 1.807) is 0 Å². The van der Waals surface area contributed by atoms with Crippen molar-refractivity contribution in [3.8, 4) is 0 Å². The molecule has 0 saturated carbocycles. The molecule has 1 aromatic carbocycles. The van der Waals surface area contributed by atoms with E-state index in [0.717, 1.165) is 5.56 Å². The molecule has 2 aromatic rings. The molecule has 0 saturated heterocycles. The Balaban J connectivity index is 2.58. The van der Waals surface area contributed by atoms with Crippen molar-refractivity contribution in [1.29, 1.82) is 0 Å². The number of hydrogen-bond donors (Lipinski definition) is 2. The Morgan fingerprint density at radius 2 is 1.94 bits per heavy atom. The molecule has 18 heavy (non-hydrogen) atoms. The first-order chi connectivity index (χ1) is 8.63. The van der Waals surface area contributed by atoms with Gasteiger partial charge in [0.25, 0.3) is 5.56 Å². The number of H-pyrrole nitrogens is 1. The zero-order valence-corrected chi connectivity index (χ0v) is 9.84. The highest BCUT2D eigenvalue weighted by Gasteiger charge is 2.18. The molecule has 0 radical (unpaired) electrons. The molecule has 0 aliphatic carbocycles. The van der Waals surface area contributed by atoms with Crippen molar-refractivity contribution in [1.82, 2.24) is 4.98 Å². The normalized spacial score (nSPS) is 12.3. The molecule has 1 aromatic heterocycles. The molecule has 0 spiro atoms. The van der Waals surface area contributed by atoms with Crippen molar-refractivity contribution < 1.29 is 9.52 Å². The molecule has 1 heterocycles. The van der Waals surface area contributed by atoms with Crippen LogP contribution < -0.4 is 11.3 Å². The smallest absolute Gasteiger partial charge is 0.413 e. The fraction of sp³-hybridized carbons (Fsp3) is 0.231. The number of nitrogens with one attached hydrogen (secondary N) is 1. The van der Waals surface area contributed by atoms with Crippen LogP contribution in [0.5, 0.6) is 0 Å². The van der Waals surface area contributed by atoms with E-state index < -0.39 is 17.9 Å². The monoisotopic (exact) mass is 247 g/mol. The van der Waals surface area contributed by atoms with E-state index in [1.807, 2.05) is 42.2 Å². The van der Waals surface area contributed by atoms with E-state index in [1.165, 1.54) is 0 Å². The molecule has 94 valence electrons. The SMILES string of the molecule is C[C@H](c1ccccc1)c1oc(=O)[nH]c(=O)c1CO. The van der Waals surface area contributed by atoms with E-state index in [0.29, 0.717) is 0 Å². The molecule has 1 atom stereocenters. The maximum Gasteiger partial charge on any atom is 0.419 e. The maximum absolute atomic E-state index is 11.6. The van der Waals surface area contributed by atoms with Crippen molar-refractivity contribution >= 4 is 0 Å². The van der Waals surface area contributed by atoms with Crippen LogP contribution in [0.1, 0.15) is 29.7 Å². The van der Waals surface area contributed by atoms with E-state index in [2.05, 4.69) is 0 Å². The third-order valence-electron chi connectivity index (χ3n) is 2.84. The number of aliphatic hydroxyl groups excluding tert-OH is 1. The molecule has 0 aliphatic heterocycles. The summed E-state index contributed by atoms with van der Waals surface area (Å²) in [6.45, 7) is 1.35. The number of rotatable bonds is 3. The lowest BCUT2D eigenvalue weighted by molar-refractivity contribution is 0.267. The summed E-state index contributed by atoms with van der Waals surface area (Å²) in [6, 6.07) is 9.32. The van der Waals surface area contributed by atoms with Gasteiger partial charge in [-0.3, -0.25) is 9.78 Å². The summed E-state index contributed by atoms with van der Waals surface area (Å²) in [5, 5.41) is 9.20. The third kappa shape index (κ3) is 2.26. The summed E-state index contributed by atoms with van der Waals surface area (Å²) in [4.78, 5) is 24.8. The zero-order valence-electron chi connectivity index (χ0n) is 9.84. The Kier molecular flexibility index (Phi) is 3.43. The average Bonchev–Trinajstić information content (AvgIpc) is 2.38. The van der Waals surface area contributed by atoms with Crippen molar-refractivity contribution in [3.05, 3.63) is 68.1 Å².